The molecule has 1 unspecified atom stereocenters. The summed E-state index contributed by atoms with van der Waals surface area (Å²) in [5, 5.41) is 12.3. The van der Waals surface area contributed by atoms with E-state index in [1.54, 1.807) is 19.1 Å². The van der Waals surface area contributed by atoms with Crippen molar-refractivity contribution in [3.63, 3.8) is 0 Å². The number of benzene rings is 1. The maximum Gasteiger partial charge on any atom is 0.309 e. The van der Waals surface area contributed by atoms with Crippen LogP contribution in [0.15, 0.2) is 24.3 Å². The predicted molar refractivity (Wildman–Crippen MR) is 65.6 cm³/mol. The van der Waals surface area contributed by atoms with Crippen LogP contribution in [0.3, 0.4) is 0 Å². The van der Waals surface area contributed by atoms with Gasteiger partial charge in [-0.05, 0) is 24.6 Å². The molecular formula is C13H19NO3. The van der Waals surface area contributed by atoms with Crippen molar-refractivity contribution in [3.8, 4) is 5.75 Å². The van der Waals surface area contributed by atoms with E-state index in [1.807, 2.05) is 19.1 Å². The van der Waals surface area contributed by atoms with Gasteiger partial charge in [-0.2, -0.15) is 0 Å². The Labute approximate surface area is 102 Å². The van der Waals surface area contributed by atoms with Crippen molar-refractivity contribution in [1.82, 2.24) is 5.32 Å². The minimum atomic E-state index is -0.175. The largest absolute Gasteiger partial charge is 0.508 e. The number of rotatable bonds is 6. The van der Waals surface area contributed by atoms with E-state index in [1.165, 1.54) is 0 Å². The standard InChI is InChI=1S/C13H19NO3/c1-3-17-13(16)10(2)8-14-9-11-4-6-12(15)7-5-11/h4-7,10,14-15H,3,8-9H2,1-2H3. The summed E-state index contributed by atoms with van der Waals surface area (Å²) in [6, 6.07) is 6.98. The number of esters is 1. The fourth-order valence-electron chi connectivity index (χ4n) is 1.41. The van der Waals surface area contributed by atoms with Crippen LogP contribution in [0.1, 0.15) is 19.4 Å². The predicted octanol–water partition coefficient (Wildman–Crippen LogP) is 1.68. The molecule has 1 atom stereocenters. The zero-order valence-corrected chi connectivity index (χ0v) is 10.3. The number of phenols is 1. The third kappa shape index (κ3) is 4.87. The van der Waals surface area contributed by atoms with Crippen molar-refractivity contribution < 1.29 is 14.6 Å². The smallest absolute Gasteiger partial charge is 0.309 e. The van der Waals surface area contributed by atoms with Gasteiger partial charge in [0.15, 0.2) is 0 Å². The Morgan fingerprint density at radius 3 is 2.65 bits per heavy atom. The average molecular weight is 237 g/mol. The first-order valence-electron chi connectivity index (χ1n) is 5.78. The van der Waals surface area contributed by atoms with E-state index in [0.717, 1.165) is 5.56 Å². The van der Waals surface area contributed by atoms with E-state index >= 15 is 0 Å². The fourth-order valence-corrected chi connectivity index (χ4v) is 1.41. The molecule has 17 heavy (non-hydrogen) atoms. The van der Waals surface area contributed by atoms with E-state index in [9.17, 15) is 4.79 Å². The molecule has 1 aromatic rings. The lowest BCUT2D eigenvalue weighted by molar-refractivity contribution is -0.147. The highest BCUT2D eigenvalue weighted by Gasteiger charge is 2.12. The first kappa shape index (κ1) is 13.5. The highest BCUT2D eigenvalue weighted by molar-refractivity contribution is 5.72. The Balaban J connectivity index is 2.27. The summed E-state index contributed by atoms with van der Waals surface area (Å²) in [6.07, 6.45) is 0. The second-order valence-electron chi connectivity index (χ2n) is 3.95. The summed E-state index contributed by atoms with van der Waals surface area (Å²) in [5.41, 5.74) is 1.07. The lowest BCUT2D eigenvalue weighted by Gasteiger charge is -2.11. The summed E-state index contributed by atoms with van der Waals surface area (Å²) in [7, 11) is 0. The van der Waals surface area contributed by atoms with E-state index in [0.29, 0.717) is 19.7 Å². The van der Waals surface area contributed by atoms with Crippen molar-refractivity contribution in [3.05, 3.63) is 29.8 Å². The Bertz CT molecular complexity index is 348. The molecule has 0 aliphatic carbocycles. The van der Waals surface area contributed by atoms with Crippen LogP contribution >= 0.6 is 0 Å². The molecule has 0 aliphatic heterocycles. The lowest BCUT2D eigenvalue weighted by Crippen LogP contribution is -2.27. The summed E-state index contributed by atoms with van der Waals surface area (Å²) in [6.45, 7) is 5.31. The van der Waals surface area contributed by atoms with Crippen molar-refractivity contribution in [2.24, 2.45) is 5.92 Å². The van der Waals surface area contributed by atoms with Crippen LogP contribution < -0.4 is 5.32 Å². The number of aromatic hydroxyl groups is 1. The van der Waals surface area contributed by atoms with Crippen molar-refractivity contribution >= 4 is 5.97 Å². The molecule has 0 saturated heterocycles. The van der Waals surface area contributed by atoms with Crippen LogP contribution in [0, 0.1) is 5.92 Å². The normalized spacial score (nSPS) is 12.1. The molecule has 0 bridgehead atoms. The molecule has 0 heterocycles. The van der Waals surface area contributed by atoms with Crippen LogP contribution in [0.2, 0.25) is 0 Å². The number of nitrogens with one attached hydrogen (secondary N) is 1. The summed E-state index contributed by atoms with van der Waals surface area (Å²) < 4.78 is 4.91. The Morgan fingerprint density at radius 2 is 2.06 bits per heavy atom. The van der Waals surface area contributed by atoms with Crippen molar-refractivity contribution in [2.75, 3.05) is 13.2 Å². The maximum atomic E-state index is 11.3. The zero-order valence-electron chi connectivity index (χ0n) is 10.3. The minimum Gasteiger partial charge on any atom is -0.508 e. The number of hydrogen-bond donors (Lipinski definition) is 2. The summed E-state index contributed by atoms with van der Waals surface area (Å²) >= 11 is 0. The van der Waals surface area contributed by atoms with Gasteiger partial charge in [0.25, 0.3) is 0 Å². The average Bonchev–Trinajstić information content (AvgIpc) is 2.32. The molecule has 4 nitrogen and oxygen atoms in total. The quantitative estimate of drug-likeness (QED) is 0.739. The van der Waals surface area contributed by atoms with Gasteiger partial charge in [0, 0.05) is 13.1 Å². The van der Waals surface area contributed by atoms with Gasteiger partial charge >= 0.3 is 5.97 Å². The molecule has 1 rings (SSSR count). The Hall–Kier alpha value is -1.55. The molecule has 1 aromatic carbocycles. The molecule has 0 saturated carbocycles. The number of carbonyl (C=O) groups is 1. The monoisotopic (exact) mass is 237 g/mol. The van der Waals surface area contributed by atoms with Crippen molar-refractivity contribution in [1.29, 1.82) is 0 Å². The lowest BCUT2D eigenvalue weighted by atomic mass is 10.1. The number of carbonyl (C=O) groups excluding carboxylic acids is 1. The van der Waals surface area contributed by atoms with Gasteiger partial charge in [-0.1, -0.05) is 19.1 Å². The molecule has 0 amide bonds. The van der Waals surface area contributed by atoms with Gasteiger partial charge in [-0.25, -0.2) is 0 Å². The van der Waals surface area contributed by atoms with Gasteiger partial charge in [0.1, 0.15) is 5.75 Å². The molecule has 94 valence electrons. The van der Waals surface area contributed by atoms with Gasteiger partial charge in [-0.3, -0.25) is 4.79 Å². The molecule has 0 aromatic heterocycles. The van der Waals surface area contributed by atoms with Crippen LogP contribution in [-0.4, -0.2) is 24.2 Å². The topological polar surface area (TPSA) is 58.6 Å². The van der Waals surface area contributed by atoms with Crippen LogP contribution in [-0.2, 0) is 16.1 Å². The number of ether oxygens (including phenoxy) is 1. The third-order valence-corrected chi connectivity index (χ3v) is 2.40. The minimum absolute atomic E-state index is 0.146. The Morgan fingerprint density at radius 1 is 1.41 bits per heavy atom. The first-order chi connectivity index (χ1) is 8.13. The van der Waals surface area contributed by atoms with E-state index in [-0.39, 0.29) is 17.6 Å². The first-order valence-corrected chi connectivity index (χ1v) is 5.78. The molecule has 0 fully saturated rings. The molecule has 0 radical (unpaired) electrons. The van der Waals surface area contributed by atoms with Gasteiger partial charge in [0.05, 0.1) is 12.5 Å². The highest BCUT2D eigenvalue weighted by atomic mass is 16.5. The molecule has 2 N–H and O–H groups in total. The van der Waals surface area contributed by atoms with E-state index in [2.05, 4.69) is 5.32 Å². The van der Waals surface area contributed by atoms with Gasteiger partial charge in [0.2, 0.25) is 0 Å². The molecular weight excluding hydrogens is 218 g/mol. The van der Waals surface area contributed by atoms with Crippen molar-refractivity contribution in [2.45, 2.75) is 20.4 Å². The van der Waals surface area contributed by atoms with Crippen LogP contribution in [0.5, 0.6) is 5.75 Å². The van der Waals surface area contributed by atoms with E-state index in [4.69, 9.17) is 9.84 Å². The van der Waals surface area contributed by atoms with Gasteiger partial charge in [-0.15, -0.1) is 0 Å². The van der Waals surface area contributed by atoms with E-state index < -0.39 is 0 Å². The Kier molecular flexibility index (Phi) is 5.49. The van der Waals surface area contributed by atoms with Gasteiger partial charge < -0.3 is 15.2 Å². The maximum absolute atomic E-state index is 11.3. The number of hydrogen-bond acceptors (Lipinski definition) is 4. The number of phenolic OH excluding ortho intramolecular Hbond substituents is 1. The van der Waals surface area contributed by atoms with Crippen LogP contribution in [0.4, 0.5) is 0 Å². The second-order valence-corrected chi connectivity index (χ2v) is 3.95. The second kappa shape index (κ2) is 6.91. The van der Waals surface area contributed by atoms with Crippen LogP contribution in [0.25, 0.3) is 0 Å². The summed E-state index contributed by atoms with van der Waals surface area (Å²) in [5.74, 6) is -0.0635. The molecule has 0 aliphatic rings. The SMILES string of the molecule is CCOC(=O)C(C)CNCc1ccc(O)cc1. The highest BCUT2D eigenvalue weighted by Crippen LogP contribution is 2.09. The summed E-state index contributed by atoms with van der Waals surface area (Å²) in [4.78, 5) is 11.3. The molecule has 0 spiro atoms. The fraction of sp³-hybridized carbons (Fsp3) is 0.462. The third-order valence-electron chi connectivity index (χ3n) is 2.40. The zero-order chi connectivity index (χ0) is 12.7. The molecule has 4 heteroatoms.